The van der Waals surface area contributed by atoms with Crippen molar-refractivity contribution in [3.8, 4) is 0 Å². The topological polar surface area (TPSA) is 20.3 Å². The quantitative estimate of drug-likeness (QED) is 0.774. The molecule has 1 heterocycles. The summed E-state index contributed by atoms with van der Waals surface area (Å²) in [6.07, 6.45) is 0.824. The number of Topliss-reactive ketones (excluding diaryl/α,β-unsaturated/α-hetero) is 1. The standard InChI is InChI=1S/C14H19NO/c1-11(2)15-10-13(16)14(15,3)9-12-7-5-4-6-8-12/h4-8,11H,9-10H2,1-3H3. The second kappa shape index (κ2) is 4.02. The minimum atomic E-state index is -0.282. The van der Waals surface area contributed by atoms with E-state index in [1.54, 1.807) is 0 Å². The molecule has 0 aliphatic carbocycles. The number of carbonyl (C=O) groups excluding carboxylic acids is 1. The van der Waals surface area contributed by atoms with Crippen molar-refractivity contribution in [2.24, 2.45) is 0 Å². The lowest BCUT2D eigenvalue weighted by Gasteiger charge is -2.51. The molecule has 2 nitrogen and oxygen atoms in total. The van der Waals surface area contributed by atoms with Gasteiger partial charge in [0, 0.05) is 6.04 Å². The number of hydrogen-bond donors (Lipinski definition) is 0. The normalized spacial score (nSPS) is 25.9. The Labute approximate surface area is 97.3 Å². The van der Waals surface area contributed by atoms with E-state index in [0.29, 0.717) is 18.4 Å². The molecule has 2 rings (SSSR count). The van der Waals surface area contributed by atoms with E-state index in [1.807, 2.05) is 18.2 Å². The van der Waals surface area contributed by atoms with E-state index in [-0.39, 0.29) is 5.54 Å². The molecule has 0 bridgehead atoms. The third-order valence-corrected chi connectivity index (χ3v) is 3.56. The summed E-state index contributed by atoms with van der Waals surface area (Å²) in [5.41, 5.74) is 0.957. The molecule has 2 heteroatoms. The Balaban J connectivity index is 2.16. The Morgan fingerprint density at radius 1 is 1.31 bits per heavy atom. The second-order valence-electron chi connectivity index (χ2n) is 5.08. The van der Waals surface area contributed by atoms with Crippen LogP contribution in [-0.2, 0) is 11.2 Å². The summed E-state index contributed by atoms with van der Waals surface area (Å²) in [6, 6.07) is 10.7. The van der Waals surface area contributed by atoms with Crippen molar-refractivity contribution < 1.29 is 4.79 Å². The largest absolute Gasteiger partial charge is 0.296 e. The summed E-state index contributed by atoms with van der Waals surface area (Å²) in [5.74, 6) is 0.366. The molecule has 16 heavy (non-hydrogen) atoms. The SMILES string of the molecule is CC(C)N1CC(=O)C1(C)Cc1ccccc1. The lowest BCUT2D eigenvalue weighted by atomic mass is 9.78. The summed E-state index contributed by atoms with van der Waals surface area (Å²) in [7, 11) is 0. The molecule has 1 aromatic carbocycles. The first-order valence-corrected chi connectivity index (χ1v) is 5.88. The summed E-state index contributed by atoms with van der Waals surface area (Å²) in [5, 5.41) is 0. The number of carbonyl (C=O) groups is 1. The second-order valence-corrected chi connectivity index (χ2v) is 5.08. The van der Waals surface area contributed by atoms with Crippen molar-refractivity contribution in [2.45, 2.75) is 38.8 Å². The van der Waals surface area contributed by atoms with Crippen LogP contribution in [0, 0.1) is 0 Å². The van der Waals surface area contributed by atoms with Gasteiger partial charge in [0.1, 0.15) is 0 Å². The molecule has 0 spiro atoms. The number of nitrogens with zero attached hydrogens (tertiary/aromatic N) is 1. The highest BCUT2D eigenvalue weighted by atomic mass is 16.1. The Morgan fingerprint density at radius 2 is 1.94 bits per heavy atom. The lowest BCUT2D eigenvalue weighted by Crippen LogP contribution is -2.69. The van der Waals surface area contributed by atoms with E-state index in [9.17, 15) is 4.79 Å². The Hall–Kier alpha value is -1.15. The Bertz CT molecular complexity index is 385. The van der Waals surface area contributed by atoms with Crippen LogP contribution < -0.4 is 0 Å². The molecule has 1 atom stereocenters. The van der Waals surface area contributed by atoms with E-state index >= 15 is 0 Å². The molecule has 86 valence electrons. The van der Waals surface area contributed by atoms with E-state index in [1.165, 1.54) is 5.56 Å². The van der Waals surface area contributed by atoms with Gasteiger partial charge in [-0.05, 0) is 32.8 Å². The van der Waals surface area contributed by atoms with Crippen molar-refractivity contribution in [1.82, 2.24) is 4.90 Å². The van der Waals surface area contributed by atoms with Crippen LogP contribution in [0.4, 0.5) is 0 Å². The van der Waals surface area contributed by atoms with Gasteiger partial charge in [-0.1, -0.05) is 30.3 Å². The maximum absolute atomic E-state index is 11.8. The highest BCUT2D eigenvalue weighted by molar-refractivity contribution is 5.95. The van der Waals surface area contributed by atoms with Crippen LogP contribution in [-0.4, -0.2) is 28.8 Å². The van der Waals surface area contributed by atoms with Crippen LogP contribution in [0.15, 0.2) is 30.3 Å². The summed E-state index contributed by atoms with van der Waals surface area (Å²) >= 11 is 0. The van der Waals surface area contributed by atoms with Crippen LogP contribution in [0.1, 0.15) is 26.3 Å². The predicted octanol–water partition coefficient (Wildman–Crippen LogP) is 2.28. The number of likely N-dealkylation sites (tertiary alicyclic amines) is 1. The molecule has 1 aliphatic heterocycles. The fourth-order valence-electron chi connectivity index (χ4n) is 2.51. The van der Waals surface area contributed by atoms with Gasteiger partial charge in [-0.2, -0.15) is 0 Å². The van der Waals surface area contributed by atoms with Crippen molar-refractivity contribution in [2.75, 3.05) is 6.54 Å². The first-order chi connectivity index (χ1) is 7.54. The number of hydrogen-bond acceptors (Lipinski definition) is 2. The Kier molecular flexibility index (Phi) is 2.85. The predicted molar refractivity (Wildman–Crippen MR) is 65.4 cm³/mol. The van der Waals surface area contributed by atoms with Crippen molar-refractivity contribution >= 4 is 5.78 Å². The summed E-state index contributed by atoms with van der Waals surface area (Å²) < 4.78 is 0. The monoisotopic (exact) mass is 217 g/mol. The number of benzene rings is 1. The van der Waals surface area contributed by atoms with Gasteiger partial charge < -0.3 is 0 Å². The molecule has 0 aromatic heterocycles. The fourth-order valence-corrected chi connectivity index (χ4v) is 2.51. The highest BCUT2D eigenvalue weighted by Crippen LogP contribution is 2.32. The zero-order chi connectivity index (χ0) is 11.8. The first kappa shape index (κ1) is 11.3. The maximum Gasteiger partial charge on any atom is 0.167 e. The summed E-state index contributed by atoms with van der Waals surface area (Å²) in [4.78, 5) is 14.1. The van der Waals surface area contributed by atoms with Crippen LogP contribution in [0.25, 0.3) is 0 Å². The van der Waals surface area contributed by atoms with Gasteiger partial charge in [0.05, 0.1) is 12.1 Å². The van der Waals surface area contributed by atoms with Crippen LogP contribution in [0.3, 0.4) is 0 Å². The number of rotatable bonds is 3. The van der Waals surface area contributed by atoms with Crippen LogP contribution in [0.2, 0.25) is 0 Å². The molecule has 0 saturated carbocycles. The van der Waals surface area contributed by atoms with E-state index in [4.69, 9.17) is 0 Å². The zero-order valence-corrected chi connectivity index (χ0v) is 10.2. The van der Waals surface area contributed by atoms with Crippen LogP contribution in [0.5, 0.6) is 0 Å². The minimum Gasteiger partial charge on any atom is -0.296 e. The van der Waals surface area contributed by atoms with Gasteiger partial charge in [-0.3, -0.25) is 9.69 Å². The highest BCUT2D eigenvalue weighted by Gasteiger charge is 2.49. The number of ketones is 1. The molecular formula is C14H19NO. The fraction of sp³-hybridized carbons (Fsp3) is 0.500. The molecule has 0 amide bonds. The van der Waals surface area contributed by atoms with Gasteiger partial charge in [0.25, 0.3) is 0 Å². The minimum absolute atomic E-state index is 0.282. The summed E-state index contributed by atoms with van der Waals surface area (Å²) in [6.45, 7) is 6.97. The third kappa shape index (κ3) is 1.78. The molecule has 1 aliphatic rings. The van der Waals surface area contributed by atoms with Crippen LogP contribution >= 0.6 is 0 Å². The van der Waals surface area contributed by atoms with E-state index < -0.39 is 0 Å². The van der Waals surface area contributed by atoms with Gasteiger partial charge in [0.2, 0.25) is 0 Å². The first-order valence-electron chi connectivity index (χ1n) is 5.88. The average Bonchev–Trinajstić information content (AvgIpc) is 2.26. The Morgan fingerprint density at radius 3 is 2.44 bits per heavy atom. The van der Waals surface area contributed by atoms with E-state index in [2.05, 4.69) is 37.8 Å². The van der Waals surface area contributed by atoms with E-state index in [0.717, 1.165) is 6.42 Å². The average molecular weight is 217 g/mol. The van der Waals surface area contributed by atoms with Gasteiger partial charge in [-0.15, -0.1) is 0 Å². The zero-order valence-electron chi connectivity index (χ0n) is 10.2. The van der Waals surface area contributed by atoms with Gasteiger partial charge in [-0.25, -0.2) is 0 Å². The molecular weight excluding hydrogens is 198 g/mol. The molecule has 1 saturated heterocycles. The lowest BCUT2D eigenvalue weighted by molar-refractivity contribution is -0.149. The molecule has 1 aromatic rings. The van der Waals surface area contributed by atoms with Crippen molar-refractivity contribution in [3.63, 3.8) is 0 Å². The smallest absolute Gasteiger partial charge is 0.167 e. The molecule has 1 fully saturated rings. The maximum atomic E-state index is 11.8. The third-order valence-electron chi connectivity index (χ3n) is 3.56. The molecule has 0 radical (unpaired) electrons. The van der Waals surface area contributed by atoms with Gasteiger partial charge >= 0.3 is 0 Å². The van der Waals surface area contributed by atoms with Crippen molar-refractivity contribution in [3.05, 3.63) is 35.9 Å². The molecule has 0 N–H and O–H groups in total. The van der Waals surface area contributed by atoms with Gasteiger partial charge in [0.15, 0.2) is 5.78 Å². The molecule has 1 unspecified atom stereocenters. The van der Waals surface area contributed by atoms with Crippen molar-refractivity contribution in [1.29, 1.82) is 0 Å².